The Balaban J connectivity index is 2.35. The van der Waals surface area contributed by atoms with Crippen LogP contribution in [0, 0.1) is 0 Å². The molecule has 14 heavy (non-hydrogen) atoms. The summed E-state index contributed by atoms with van der Waals surface area (Å²) in [4.78, 5) is 12.9. The maximum Gasteiger partial charge on any atom is 0.321 e. The zero-order valence-electron chi connectivity index (χ0n) is 7.26. The lowest BCUT2D eigenvalue weighted by molar-refractivity contribution is 0.252. The third kappa shape index (κ3) is 1.79. The normalized spacial score (nSPS) is 15.9. The second-order valence-electron chi connectivity index (χ2n) is 3.01. The molecule has 1 aromatic carbocycles. The quantitative estimate of drug-likeness (QED) is 0.791. The monoisotopic (exact) mass is 230 g/mol. The summed E-state index contributed by atoms with van der Waals surface area (Å²) in [5.41, 5.74) is 0.734. The minimum Gasteiger partial charge on any atom is -0.336 e. The maximum atomic E-state index is 11.3. The predicted molar refractivity (Wildman–Crippen MR) is 57.2 cm³/mol. The molecule has 2 rings (SSSR count). The highest BCUT2D eigenvalue weighted by atomic mass is 35.5. The maximum absolute atomic E-state index is 11.3. The van der Waals surface area contributed by atoms with E-state index in [1.54, 1.807) is 23.1 Å². The molecule has 0 bridgehead atoms. The van der Waals surface area contributed by atoms with Crippen LogP contribution < -0.4 is 10.2 Å². The molecule has 1 aromatic rings. The average molecular weight is 231 g/mol. The molecular weight excluding hydrogens is 223 g/mol. The Kier molecular flexibility index (Phi) is 2.52. The Labute approximate surface area is 91.6 Å². The minimum atomic E-state index is -0.108. The Morgan fingerprint density at radius 2 is 1.86 bits per heavy atom. The molecule has 3 nitrogen and oxygen atoms in total. The number of nitrogens with zero attached hydrogens (tertiary/aromatic N) is 1. The number of rotatable bonds is 1. The Hall–Kier alpha value is -0.930. The van der Waals surface area contributed by atoms with Gasteiger partial charge in [0.25, 0.3) is 0 Å². The fraction of sp³-hybridized carbons (Fsp3) is 0.222. The predicted octanol–water partition coefficient (Wildman–Crippen LogP) is 2.52. The largest absolute Gasteiger partial charge is 0.336 e. The van der Waals surface area contributed by atoms with Gasteiger partial charge in [0, 0.05) is 28.8 Å². The third-order valence-corrected chi connectivity index (χ3v) is 2.45. The van der Waals surface area contributed by atoms with Crippen molar-refractivity contribution in [2.75, 3.05) is 18.0 Å². The molecule has 0 aliphatic carbocycles. The first-order chi connectivity index (χ1) is 6.66. The van der Waals surface area contributed by atoms with Crippen LogP contribution in [-0.2, 0) is 0 Å². The van der Waals surface area contributed by atoms with Crippen LogP contribution in [0.4, 0.5) is 10.5 Å². The van der Waals surface area contributed by atoms with Gasteiger partial charge in [0.1, 0.15) is 0 Å². The summed E-state index contributed by atoms with van der Waals surface area (Å²) in [5, 5.41) is 3.78. The van der Waals surface area contributed by atoms with Crippen molar-refractivity contribution in [1.29, 1.82) is 0 Å². The van der Waals surface area contributed by atoms with Gasteiger partial charge in [-0.3, -0.25) is 4.90 Å². The smallest absolute Gasteiger partial charge is 0.321 e. The van der Waals surface area contributed by atoms with Crippen molar-refractivity contribution in [3.8, 4) is 0 Å². The zero-order valence-corrected chi connectivity index (χ0v) is 8.77. The van der Waals surface area contributed by atoms with Crippen molar-refractivity contribution in [1.82, 2.24) is 5.32 Å². The van der Waals surface area contributed by atoms with Crippen LogP contribution in [-0.4, -0.2) is 19.1 Å². The van der Waals surface area contributed by atoms with Crippen molar-refractivity contribution in [3.63, 3.8) is 0 Å². The van der Waals surface area contributed by atoms with E-state index in [4.69, 9.17) is 23.2 Å². The number of nitrogens with one attached hydrogen (secondary N) is 1. The summed E-state index contributed by atoms with van der Waals surface area (Å²) < 4.78 is 0. The first kappa shape index (κ1) is 9.62. The SMILES string of the molecule is O=C1NCCN1c1cc(Cl)cc(Cl)c1. The van der Waals surface area contributed by atoms with Gasteiger partial charge in [-0.2, -0.15) is 0 Å². The second kappa shape index (κ2) is 3.67. The van der Waals surface area contributed by atoms with Crippen molar-refractivity contribution in [2.45, 2.75) is 0 Å². The lowest BCUT2D eigenvalue weighted by Crippen LogP contribution is -2.27. The van der Waals surface area contributed by atoms with Gasteiger partial charge in [-0.1, -0.05) is 23.2 Å². The van der Waals surface area contributed by atoms with Crippen LogP contribution in [0.1, 0.15) is 0 Å². The van der Waals surface area contributed by atoms with E-state index in [9.17, 15) is 4.79 Å². The molecule has 1 saturated heterocycles. The fourth-order valence-corrected chi connectivity index (χ4v) is 1.93. The van der Waals surface area contributed by atoms with Gasteiger partial charge in [-0.05, 0) is 18.2 Å². The van der Waals surface area contributed by atoms with Crippen molar-refractivity contribution < 1.29 is 4.79 Å². The highest BCUT2D eigenvalue weighted by molar-refractivity contribution is 6.35. The number of urea groups is 1. The summed E-state index contributed by atoms with van der Waals surface area (Å²) >= 11 is 11.7. The third-order valence-electron chi connectivity index (χ3n) is 2.02. The molecule has 0 radical (unpaired) electrons. The van der Waals surface area contributed by atoms with E-state index in [-0.39, 0.29) is 6.03 Å². The highest BCUT2D eigenvalue weighted by Gasteiger charge is 2.21. The van der Waals surface area contributed by atoms with Crippen LogP contribution >= 0.6 is 23.2 Å². The lowest BCUT2D eigenvalue weighted by atomic mass is 10.3. The number of carbonyl (C=O) groups excluding carboxylic acids is 1. The molecule has 2 amide bonds. The highest BCUT2D eigenvalue weighted by Crippen LogP contribution is 2.26. The summed E-state index contributed by atoms with van der Waals surface area (Å²) in [7, 11) is 0. The standard InChI is InChI=1S/C9H8Cl2N2O/c10-6-3-7(11)5-8(4-6)13-2-1-12-9(13)14/h3-5H,1-2H2,(H,12,14). The van der Waals surface area contributed by atoms with E-state index in [1.807, 2.05) is 0 Å². The van der Waals surface area contributed by atoms with Crippen LogP contribution in [0.25, 0.3) is 0 Å². The van der Waals surface area contributed by atoms with Crippen LogP contribution in [0.15, 0.2) is 18.2 Å². The zero-order chi connectivity index (χ0) is 10.1. The number of halogens is 2. The first-order valence-electron chi connectivity index (χ1n) is 4.18. The van der Waals surface area contributed by atoms with E-state index >= 15 is 0 Å². The summed E-state index contributed by atoms with van der Waals surface area (Å²) in [6.45, 7) is 1.30. The van der Waals surface area contributed by atoms with Gasteiger partial charge in [0.2, 0.25) is 0 Å². The molecule has 1 aliphatic rings. The number of carbonyl (C=O) groups is 1. The average Bonchev–Trinajstić information content (AvgIpc) is 2.49. The number of benzene rings is 1. The molecule has 0 spiro atoms. The van der Waals surface area contributed by atoms with Crippen molar-refractivity contribution in [3.05, 3.63) is 28.2 Å². The van der Waals surface area contributed by atoms with Gasteiger partial charge >= 0.3 is 6.03 Å². The van der Waals surface area contributed by atoms with E-state index in [0.29, 0.717) is 23.1 Å². The molecule has 0 saturated carbocycles. The topological polar surface area (TPSA) is 32.3 Å². The van der Waals surface area contributed by atoms with Crippen molar-refractivity contribution >= 4 is 34.9 Å². The van der Waals surface area contributed by atoms with Crippen molar-refractivity contribution in [2.24, 2.45) is 0 Å². The molecule has 1 aliphatic heterocycles. The van der Waals surface area contributed by atoms with Crippen LogP contribution in [0.5, 0.6) is 0 Å². The number of amides is 2. The van der Waals surface area contributed by atoms with Gasteiger partial charge in [-0.15, -0.1) is 0 Å². The Bertz CT molecular complexity index is 361. The Morgan fingerprint density at radius 1 is 1.21 bits per heavy atom. The summed E-state index contributed by atoms with van der Waals surface area (Å²) in [5.74, 6) is 0. The molecule has 0 atom stereocenters. The van der Waals surface area contributed by atoms with Gasteiger partial charge in [-0.25, -0.2) is 4.79 Å². The van der Waals surface area contributed by atoms with E-state index in [0.717, 1.165) is 5.69 Å². The molecule has 1 N–H and O–H groups in total. The molecule has 0 aromatic heterocycles. The molecule has 5 heteroatoms. The van der Waals surface area contributed by atoms with E-state index in [2.05, 4.69) is 5.32 Å². The van der Waals surface area contributed by atoms with Gasteiger partial charge in [0.05, 0.1) is 0 Å². The molecule has 1 heterocycles. The lowest BCUT2D eigenvalue weighted by Gasteiger charge is -2.14. The molecule has 0 unspecified atom stereocenters. The van der Waals surface area contributed by atoms with Gasteiger partial charge in [0.15, 0.2) is 0 Å². The van der Waals surface area contributed by atoms with Crippen LogP contribution in [0.3, 0.4) is 0 Å². The van der Waals surface area contributed by atoms with E-state index in [1.165, 1.54) is 0 Å². The van der Waals surface area contributed by atoms with Crippen LogP contribution in [0.2, 0.25) is 10.0 Å². The molecular formula is C9H8Cl2N2O. The number of hydrogen-bond donors (Lipinski definition) is 1. The minimum absolute atomic E-state index is 0.108. The Morgan fingerprint density at radius 3 is 2.36 bits per heavy atom. The fourth-order valence-electron chi connectivity index (χ4n) is 1.41. The first-order valence-corrected chi connectivity index (χ1v) is 4.94. The van der Waals surface area contributed by atoms with E-state index < -0.39 is 0 Å². The number of hydrogen-bond acceptors (Lipinski definition) is 1. The molecule has 74 valence electrons. The molecule has 1 fully saturated rings. The summed E-state index contributed by atoms with van der Waals surface area (Å²) in [6, 6.07) is 4.97. The summed E-state index contributed by atoms with van der Waals surface area (Å²) in [6.07, 6.45) is 0. The second-order valence-corrected chi connectivity index (χ2v) is 3.88. The van der Waals surface area contributed by atoms with Gasteiger partial charge < -0.3 is 5.32 Å². The number of anilines is 1.